The van der Waals surface area contributed by atoms with Crippen LogP contribution in [0.2, 0.25) is 0 Å². The van der Waals surface area contributed by atoms with E-state index in [0.717, 1.165) is 13.1 Å². The van der Waals surface area contributed by atoms with Crippen LogP contribution in [0.4, 0.5) is 0 Å². The summed E-state index contributed by atoms with van der Waals surface area (Å²) in [5.74, 6) is 0.467. The molecule has 1 unspecified atom stereocenters. The van der Waals surface area contributed by atoms with E-state index in [1.807, 2.05) is 0 Å². The van der Waals surface area contributed by atoms with Gasteiger partial charge in [0.1, 0.15) is 0 Å². The Morgan fingerprint density at radius 2 is 1.64 bits per heavy atom. The van der Waals surface area contributed by atoms with Gasteiger partial charge in [-0.15, -0.1) is 0 Å². The molecule has 0 radical (unpaired) electrons. The van der Waals surface area contributed by atoms with Gasteiger partial charge in [0, 0.05) is 0 Å². The Morgan fingerprint density at radius 1 is 1.00 bits per heavy atom. The highest BCUT2D eigenvalue weighted by Gasteiger charge is 2.15. The Kier molecular flexibility index (Phi) is 11.4. The van der Waals surface area contributed by atoms with Crippen molar-refractivity contribution in [1.29, 1.82) is 0 Å². The van der Waals surface area contributed by atoms with E-state index >= 15 is 0 Å². The molecule has 130 valence electrons. The summed E-state index contributed by atoms with van der Waals surface area (Å²) in [5, 5.41) is 0. The Bertz CT molecular complexity index is 275. The highest BCUT2D eigenvalue weighted by atomic mass is 16.5. The molecule has 1 atom stereocenters. The minimum atomic E-state index is -0.0340. The number of hydrogen-bond donors (Lipinski definition) is 0. The topological polar surface area (TPSA) is 29.5 Å². The molecule has 0 bridgehead atoms. The second-order valence-electron chi connectivity index (χ2n) is 7.03. The van der Waals surface area contributed by atoms with Crippen molar-refractivity contribution in [3.63, 3.8) is 0 Å². The molecule has 3 nitrogen and oxygen atoms in total. The SMILES string of the molecule is CCCCCCCCCC(C)COC(=O)CN1CCCCC1. The Hall–Kier alpha value is -0.570. The van der Waals surface area contributed by atoms with Gasteiger partial charge in [0.05, 0.1) is 13.2 Å². The number of nitrogens with zero attached hydrogens (tertiary/aromatic N) is 1. The second kappa shape index (κ2) is 12.9. The van der Waals surface area contributed by atoms with Crippen LogP contribution >= 0.6 is 0 Å². The molecule has 1 aliphatic heterocycles. The molecule has 3 heteroatoms. The predicted octanol–water partition coefficient (Wildman–Crippen LogP) is 4.79. The third-order valence-electron chi connectivity index (χ3n) is 4.63. The molecule has 1 rings (SSSR count). The lowest BCUT2D eigenvalue weighted by molar-refractivity contribution is -0.146. The quantitative estimate of drug-likeness (QED) is 0.383. The number of piperidine rings is 1. The molecule has 1 saturated heterocycles. The van der Waals surface area contributed by atoms with Gasteiger partial charge in [-0.25, -0.2) is 0 Å². The summed E-state index contributed by atoms with van der Waals surface area (Å²) in [7, 11) is 0. The first-order chi connectivity index (χ1) is 10.7. The van der Waals surface area contributed by atoms with E-state index in [2.05, 4.69) is 18.7 Å². The fourth-order valence-electron chi connectivity index (χ4n) is 3.11. The normalized spacial score (nSPS) is 17.4. The molecule has 0 spiro atoms. The molecule has 0 saturated carbocycles. The van der Waals surface area contributed by atoms with Crippen molar-refractivity contribution < 1.29 is 9.53 Å². The number of carbonyl (C=O) groups excluding carboxylic acids is 1. The Balaban J connectivity index is 1.93. The summed E-state index contributed by atoms with van der Waals surface area (Å²) in [4.78, 5) is 14.1. The highest BCUT2D eigenvalue weighted by Crippen LogP contribution is 2.13. The molecular formula is C19H37NO2. The van der Waals surface area contributed by atoms with Crippen molar-refractivity contribution in [1.82, 2.24) is 4.90 Å². The second-order valence-corrected chi connectivity index (χ2v) is 7.03. The van der Waals surface area contributed by atoms with Crippen LogP contribution < -0.4 is 0 Å². The summed E-state index contributed by atoms with van der Waals surface area (Å²) in [6.07, 6.45) is 14.4. The van der Waals surface area contributed by atoms with Crippen molar-refractivity contribution >= 4 is 5.97 Å². The zero-order valence-corrected chi connectivity index (χ0v) is 14.9. The van der Waals surface area contributed by atoms with Crippen LogP contribution in [-0.4, -0.2) is 37.1 Å². The van der Waals surface area contributed by atoms with Gasteiger partial charge < -0.3 is 4.74 Å². The smallest absolute Gasteiger partial charge is 0.320 e. The van der Waals surface area contributed by atoms with Gasteiger partial charge in [-0.05, 0) is 38.3 Å². The van der Waals surface area contributed by atoms with E-state index in [1.165, 1.54) is 70.6 Å². The largest absolute Gasteiger partial charge is 0.464 e. The van der Waals surface area contributed by atoms with Gasteiger partial charge >= 0.3 is 5.97 Å². The summed E-state index contributed by atoms with van der Waals surface area (Å²) in [6, 6.07) is 0. The van der Waals surface area contributed by atoms with Crippen LogP contribution in [0, 0.1) is 5.92 Å². The minimum Gasteiger partial charge on any atom is -0.464 e. The average Bonchev–Trinajstić information content (AvgIpc) is 2.53. The van der Waals surface area contributed by atoms with Gasteiger partial charge in [0.15, 0.2) is 0 Å². The van der Waals surface area contributed by atoms with Crippen molar-refractivity contribution in [2.75, 3.05) is 26.2 Å². The molecule has 1 aliphatic rings. The van der Waals surface area contributed by atoms with E-state index in [4.69, 9.17) is 4.74 Å². The van der Waals surface area contributed by atoms with Gasteiger partial charge in [0.2, 0.25) is 0 Å². The van der Waals surface area contributed by atoms with E-state index in [-0.39, 0.29) is 5.97 Å². The molecule has 0 amide bonds. The average molecular weight is 312 g/mol. The van der Waals surface area contributed by atoms with Crippen molar-refractivity contribution in [2.45, 2.75) is 84.5 Å². The first-order valence-electron chi connectivity index (χ1n) is 9.60. The van der Waals surface area contributed by atoms with E-state index < -0.39 is 0 Å². The summed E-state index contributed by atoms with van der Waals surface area (Å²) < 4.78 is 5.44. The van der Waals surface area contributed by atoms with Crippen LogP contribution in [0.3, 0.4) is 0 Å². The summed E-state index contributed by atoms with van der Waals surface area (Å²) >= 11 is 0. The number of unbranched alkanes of at least 4 members (excludes halogenated alkanes) is 6. The monoisotopic (exact) mass is 311 g/mol. The number of likely N-dealkylation sites (tertiary alicyclic amines) is 1. The van der Waals surface area contributed by atoms with Crippen molar-refractivity contribution in [3.8, 4) is 0 Å². The Morgan fingerprint density at radius 3 is 2.32 bits per heavy atom. The predicted molar refractivity (Wildman–Crippen MR) is 93.0 cm³/mol. The van der Waals surface area contributed by atoms with Crippen LogP contribution in [0.5, 0.6) is 0 Å². The molecule has 0 aromatic heterocycles. The van der Waals surface area contributed by atoms with Gasteiger partial charge in [-0.3, -0.25) is 9.69 Å². The zero-order valence-electron chi connectivity index (χ0n) is 14.9. The third-order valence-corrected chi connectivity index (χ3v) is 4.63. The number of ether oxygens (including phenoxy) is 1. The summed E-state index contributed by atoms with van der Waals surface area (Å²) in [5.41, 5.74) is 0. The Labute approximate surface area is 137 Å². The number of hydrogen-bond acceptors (Lipinski definition) is 3. The van der Waals surface area contributed by atoms with Crippen LogP contribution in [0.1, 0.15) is 84.5 Å². The lowest BCUT2D eigenvalue weighted by atomic mass is 10.0. The van der Waals surface area contributed by atoms with E-state index in [1.54, 1.807) is 0 Å². The fraction of sp³-hybridized carbons (Fsp3) is 0.947. The number of carbonyl (C=O) groups is 1. The van der Waals surface area contributed by atoms with E-state index in [0.29, 0.717) is 19.1 Å². The number of esters is 1. The van der Waals surface area contributed by atoms with Crippen molar-refractivity contribution in [3.05, 3.63) is 0 Å². The van der Waals surface area contributed by atoms with Gasteiger partial charge in [-0.1, -0.05) is 65.2 Å². The van der Waals surface area contributed by atoms with Gasteiger partial charge in [-0.2, -0.15) is 0 Å². The van der Waals surface area contributed by atoms with Crippen LogP contribution in [0.15, 0.2) is 0 Å². The lowest BCUT2D eigenvalue weighted by Gasteiger charge is -2.25. The molecule has 0 aromatic carbocycles. The van der Waals surface area contributed by atoms with Crippen LogP contribution in [-0.2, 0) is 9.53 Å². The zero-order chi connectivity index (χ0) is 16.0. The lowest BCUT2D eigenvalue weighted by Crippen LogP contribution is -2.35. The highest BCUT2D eigenvalue weighted by molar-refractivity contribution is 5.71. The fourth-order valence-corrected chi connectivity index (χ4v) is 3.11. The van der Waals surface area contributed by atoms with Crippen molar-refractivity contribution in [2.24, 2.45) is 5.92 Å². The molecule has 1 heterocycles. The third kappa shape index (κ3) is 10.2. The molecule has 0 N–H and O–H groups in total. The molecule has 22 heavy (non-hydrogen) atoms. The van der Waals surface area contributed by atoms with E-state index in [9.17, 15) is 4.79 Å². The summed E-state index contributed by atoms with van der Waals surface area (Å²) in [6.45, 7) is 7.66. The molecule has 0 aliphatic carbocycles. The number of rotatable bonds is 12. The molecule has 0 aromatic rings. The minimum absolute atomic E-state index is 0.0340. The standard InChI is InChI=1S/C19H37NO2/c1-3-4-5-6-7-8-10-13-18(2)17-22-19(21)16-20-14-11-9-12-15-20/h18H,3-17H2,1-2H3. The maximum Gasteiger partial charge on any atom is 0.320 e. The molecule has 1 fully saturated rings. The maximum absolute atomic E-state index is 11.8. The molecular weight excluding hydrogens is 274 g/mol. The first-order valence-corrected chi connectivity index (χ1v) is 9.60. The maximum atomic E-state index is 11.8. The first kappa shape index (κ1) is 19.5. The van der Waals surface area contributed by atoms with Crippen LogP contribution in [0.25, 0.3) is 0 Å². The van der Waals surface area contributed by atoms with Gasteiger partial charge in [0.25, 0.3) is 0 Å².